The van der Waals surface area contributed by atoms with Crippen molar-refractivity contribution in [2.45, 2.75) is 11.9 Å². The maximum absolute atomic E-state index is 12.7. The average Bonchev–Trinajstić information content (AvgIpc) is 3.31. The highest BCUT2D eigenvalue weighted by atomic mass is 79.9. The zero-order chi connectivity index (χ0) is 25.6. The first-order valence-electron chi connectivity index (χ1n) is 11.6. The summed E-state index contributed by atoms with van der Waals surface area (Å²) in [7, 11) is 0. The lowest BCUT2D eigenvalue weighted by Gasteiger charge is -2.47. The van der Waals surface area contributed by atoms with Crippen LogP contribution in [0.1, 0.15) is 23.6 Å². The Morgan fingerprint density at radius 3 is 2.24 bits per heavy atom. The van der Waals surface area contributed by atoms with Gasteiger partial charge >= 0.3 is 0 Å². The number of hydrogen-bond acceptors (Lipinski definition) is 6. The van der Waals surface area contributed by atoms with E-state index in [4.69, 9.17) is 21.8 Å². The van der Waals surface area contributed by atoms with Gasteiger partial charge in [-0.05, 0) is 48.2 Å². The van der Waals surface area contributed by atoms with Gasteiger partial charge in [-0.2, -0.15) is 10.2 Å². The first kappa shape index (κ1) is 24.0. The van der Waals surface area contributed by atoms with E-state index < -0.39 is 4.99 Å². The van der Waals surface area contributed by atoms with Crippen molar-refractivity contribution < 1.29 is 4.79 Å². The molecule has 2 aliphatic rings. The van der Waals surface area contributed by atoms with E-state index in [9.17, 15) is 4.79 Å². The van der Waals surface area contributed by atoms with Gasteiger partial charge in [0.2, 0.25) is 4.99 Å². The molecule has 0 saturated carbocycles. The number of carbonyl (C=O) groups excluding carboxylic acids is 1. The highest BCUT2D eigenvalue weighted by Gasteiger charge is 2.56. The Morgan fingerprint density at radius 1 is 0.838 bits per heavy atom. The molecule has 0 N–H and O–H groups in total. The molecule has 37 heavy (non-hydrogen) atoms. The Hall–Kier alpha value is -3.39. The Kier molecular flexibility index (Phi) is 6.15. The highest BCUT2D eigenvalue weighted by Crippen LogP contribution is 2.55. The molecule has 8 heteroatoms. The van der Waals surface area contributed by atoms with E-state index in [1.54, 1.807) is 0 Å². The minimum absolute atomic E-state index is 0.118. The summed E-state index contributed by atoms with van der Waals surface area (Å²) in [6.07, 6.45) is 0. The summed E-state index contributed by atoms with van der Waals surface area (Å²) >= 11 is 11.6. The summed E-state index contributed by atoms with van der Waals surface area (Å²) in [5.41, 5.74) is 5.26. The molecule has 1 unspecified atom stereocenters. The van der Waals surface area contributed by atoms with Gasteiger partial charge in [-0.1, -0.05) is 94.3 Å². The maximum Gasteiger partial charge on any atom is 0.234 e. The number of fused-ring (bicyclic) bond motifs is 2. The fraction of sp³-hybridized carbons (Fsp3) is 0.0690. The van der Waals surface area contributed by atoms with Gasteiger partial charge in [0.05, 0.1) is 22.1 Å². The van der Waals surface area contributed by atoms with Crippen LogP contribution in [0.25, 0.3) is 0 Å². The Morgan fingerprint density at radius 2 is 1.51 bits per heavy atom. The number of hydrogen-bond donors (Lipinski definition) is 0. The summed E-state index contributed by atoms with van der Waals surface area (Å²) in [5, 5.41) is 14.8. The highest BCUT2D eigenvalue weighted by molar-refractivity contribution is 9.10. The van der Waals surface area contributed by atoms with Crippen LogP contribution in [0, 0.1) is 0 Å². The number of anilines is 2. The van der Waals surface area contributed by atoms with Crippen molar-refractivity contribution in [3.8, 4) is 0 Å². The van der Waals surface area contributed by atoms with Crippen molar-refractivity contribution in [3.05, 3.63) is 129 Å². The molecule has 4 aromatic rings. The molecule has 5 nitrogen and oxygen atoms in total. The molecule has 2 aliphatic heterocycles. The lowest BCUT2D eigenvalue weighted by molar-refractivity contribution is -0.110. The predicted molar refractivity (Wildman–Crippen MR) is 156 cm³/mol. The van der Waals surface area contributed by atoms with Gasteiger partial charge in [-0.3, -0.25) is 4.79 Å². The van der Waals surface area contributed by atoms with E-state index in [1.807, 2.05) is 101 Å². The van der Waals surface area contributed by atoms with Crippen LogP contribution in [-0.2, 0) is 9.79 Å². The molecule has 2 heterocycles. The van der Waals surface area contributed by atoms with Crippen LogP contribution < -0.4 is 10.0 Å². The summed E-state index contributed by atoms with van der Waals surface area (Å²) < 4.78 is 0.994. The monoisotopic (exact) mass is 586 g/mol. The molecular weight excluding hydrogens is 568 g/mol. The molecule has 0 aliphatic carbocycles. The number of Topliss-reactive ketones (excluding diaryl/α,β-unsaturated/α-hetero) is 1. The zero-order valence-corrected chi connectivity index (χ0v) is 22.8. The van der Waals surface area contributed by atoms with Gasteiger partial charge in [0.15, 0.2) is 10.8 Å². The first-order chi connectivity index (χ1) is 18.0. The van der Waals surface area contributed by atoms with Crippen LogP contribution in [-0.4, -0.2) is 16.5 Å². The lowest BCUT2D eigenvalue weighted by atomic mass is 9.93. The number of hydrazone groups is 2. The van der Waals surface area contributed by atoms with Gasteiger partial charge in [-0.25, -0.2) is 10.0 Å². The van der Waals surface area contributed by atoms with E-state index in [0.717, 1.165) is 32.6 Å². The van der Waals surface area contributed by atoms with Gasteiger partial charge < -0.3 is 0 Å². The third-order valence-electron chi connectivity index (χ3n) is 6.24. The van der Waals surface area contributed by atoms with Crippen molar-refractivity contribution in [3.63, 3.8) is 0 Å². The normalized spacial score (nSPS) is 18.5. The standard InChI is InChI=1S/C29H20BrClN4OS/c1-19(36)28-33-35(26-14-8-7-13-25(26)31)29(37-28)24-12-6-5-11-23(24)27(20-15-17-21(30)18-16-20)32-34(29)22-9-3-2-4-10-22/h2-18H,1H3. The lowest BCUT2D eigenvalue weighted by Crippen LogP contribution is -2.54. The molecule has 0 bridgehead atoms. The summed E-state index contributed by atoms with van der Waals surface area (Å²) in [5.74, 6) is -0.118. The summed E-state index contributed by atoms with van der Waals surface area (Å²) in [6.45, 7) is 1.54. The molecule has 0 fully saturated rings. The van der Waals surface area contributed by atoms with Crippen molar-refractivity contribution in [1.29, 1.82) is 0 Å². The molecule has 1 atom stereocenters. The van der Waals surface area contributed by atoms with Crippen LogP contribution in [0.15, 0.2) is 118 Å². The van der Waals surface area contributed by atoms with E-state index >= 15 is 0 Å². The number of benzene rings is 4. The zero-order valence-electron chi connectivity index (χ0n) is 19.7. The fourth-order valence-corrected chi connectivity index (χ4v) is 6.34. The van der Waals surface area contributed by atoms with Gasteiger partial charge in [0, 0.05) is 28.1 Å². The molecule has 1 spiro atoms. The molecular formula is C29H20BrClN4OS. The van der Waals surface area contributed by atoms with E-state index in [1.165, 1.54) is 18.7 Å². The summed E-state index contributed by atoms with van der Waals surface area (Å²) in [6, 6.07) is 33.7. The van der Waals surface area contributed by atoms with Crippen LogP contribution in [0.2, 0.25) is 5.02 Å². The van der Waals surface area contributed by atoms with E-state index in [0.29, 0.717) is 15.8 Å². The van der Waals surface area contributed by atoms with Crippen molar-refractivity contribution in [2.75, 3.05) is 10.0 Å². The van der Waals surface area contributed by atoms with Crippen molar-refractivity contribution >= 4 is 67.2 Å². The number of nitrogens with zero attached hydrogens (tertiary/aromatic N) is 4. The molecule has 182 valence electrons. The Labute approximate surface area is 232 Å². The third-order valence-corrected chi connectivity index (χ3v) is 8.50. The number of rotatable bonds is 4. The largest absolute Gasteiger partial charge is 0.292 e. The SMILES string of the molecule is CC(=O)C1=NN(c2ccccc2Cl)C2(S1)c1ccccc1C(c1ccc(Br)cc1)=NN2c1ccccc1. The van der Waals surface area contributed by atoms with Crippen LogP contribution in [0.4, 0.5) is 11.4 Å². The predicted octanol–water partition coefficient (Wildman–Crippen LogP) is 7.64. The molecule has 0 amide bonds. The third kappa shape index (κ3) is 3.98. The second-order valence-electron chi connectivity index (χ2n) is 8.58. The average molecular weight is 588 g/mol. The van der Waals surface area contributed by atoms with Gasteiger partial charge in [0.25, 0.3) is 0 Å². The number of halogens is 2. The van der Waals surface area contributed by atoms with Gasteiger partial charge in [0.1, 0.15) is 0 Å². The van der Waals surface area contributed by atoms with Gasteiger partial charge in [-0.15, -0.1) is 0 Å². The quantitative estimate of drug-likeness (QED) is 0.246. The van der Waals surface area contributed by atoms with Crippen LogP contribution in [0.3, 0.4) is 0 Å². The topological polar surface area (TPSA) is 48.3 Å². The Bertz CT molecular complexity index is 1570. The molecule has 0 aromatic heterocycles. The number of thioether (sulfide) groups is 1. The minimum Gasteiger partial charge on any atom is -0.292 e. The fourth-order valence-electron chi connectivity index (χ4n) is 4.57. The maximum atomic E-state index is 12.7. The van der Waals surface area contributed by atoms with E-state index in [2.05, 4.69) is 28.1 Å². The van der Waals surface area contributed by atoms with Crippen LogP contribution >= 0.6 is 39.3 Å². The molecule has 4 aromatic carbocycles. The number of carbonyl (C=O) groups is 1. The smallest absolute Gasteiger partial charge is 0.234 e. The second-order valence-corrected chi connectivity index (χ2v) is 11.1. The molecule has 0 saturated heterocycles. The molecule has 0 radical (unpaired) electrons. The number of para-hydroxylation sites is 2. The summed E-state index contributed by atoms with van der Waals surface area (Å²) in [4.78, 5) is 11.7. The first-order valence-corrected chi connectivity index (χ1v) is 13.6. The van der Waals surface area contributed by atoms with Crippen LogP contribution in [0.5, 0.6) is 0 Å². The molecule has 6 rings (SSSR count). The van der Waals surface area contributed by atoms with Crippen molar-refractivity contribution in [1.82, 2.24) is 0 Å². The Balaban J connectivity index is 1.68. The van der Waals surface area contributed by atoms with E-state index in [-0.39, 0.29) is 5.78 Å². The number of ketones is 1. The second kappa shape index (κ2) is 9.49. The van der Waals surface area contributed by atoms with Crippen molar-refractivity contribution in [2.24, 2.45) is 10.2 Å². The minimum atomic E-state index is -1.02.